The molecule has 6 heteroatoms. The van der Waals surface area contributed by atoms with E-state index in [1.807, 2.05) is 29.0 Å². The second-order valence-corrected chi connectivity index (χ2v) is 4.16. The fraction of sp³-hybridized carbons (Fsp3) is 0. The average molecular weight is 276 g/mol. The van der Waals surface area contributed by atoms with E-state index in [1.165, 1.54) is 0 Å². The molecular weight excluding hydrogens is 270 g/mol. The van der Waals surface area contributed by atoms with Crippen molar-refractivity contribution in [2.75, 3.05) is 0 Å². The number of rotatable bonds is 1. The van der Waals surface area contributed by atoms with E-state index in [0.29, 0.717) is 0 Å². The number of hydrogen-bond acceptors (Lipinski definition) is 4. The van der Waals surface area contributed by atoms with Crippen molar-refractivity contribution in [3.63, 3.8) is 0 Å². The van der Waals surface area contributed by atoms with Gasteiger partial charge in [0.1, 0.15) is 6.33 Å². The Morgan fingerprint density at radius 3 is 2.94 bits per heavy atom. The number of fused-ring (bicyclic) bond motifs is 1. The summed E-state index contributed by atoms with van der Waals surface area (Å²) in [5.41, 5.74) is 0.799. The smallest absolute Gasteiger partial charge is 0.171 e. The van der Waals surface area contributed by atoms with E-state index in [9.17, 15) is 0 Å². The van der Waals surface area contributed by atoms with Crippen LogP contribution in [0, 0.1) is 0 Å². The average Bonchev–Trinajstić information content (AvgIpc) is 2.81. The van der Waals surface area contributed by atoms with E-state index in [2.05, 4.69) is 36.3 Å². The Hall–Kier alpha value is -1.82. The normalized spacial score (nSPS) is 10.8. The molecule has 3 aromatic rings. The first kappa shape index (κ1) is 9.41. The highest BCUT2D eigenvalue weighted by Crippen LogP contribution is 2.21. The number of hydrogen-bond donors (Lipinski definition) is 0. The summed E-state index contributed by atoms with van der Waals surface area (Å²) in [5, 5.41) is 12.7. The lowest BCUT2D eigenvalue weighted by molar-refractivity contribution is 0.846. The maximum atomic E-state index is 4.03. The Morgan fingerprint density at radius 1 is 1.19 bits per heavy atom. The molecule has 0 saturated heterocycles. The third-order valence-electron chi connectivity index (χ3n) is 2.24. The molecule has 0 radical (unpaired) electrons. The first-order valence-corrected chi connectivity index (χ1v) is 5.41. The Kier molecular flexibility index (Phi) is 2.14. The lowest BCUT2D eigenvalue weighted by Crippen LogP contribution is -2.00. The maximum Gasteiger partial charge on any atom is 0.171 e. The standard InChI is InChI=1S/C10H6BrN5/c11-7-1-2-8-9(5-7)13-15-14-10(8)16-4-3-12-6-16/h1-6H. The zero-order valence-corrected chi connectivity index (χ0v) is 9.66. The summed E-state index contributed by atoms with van der Waals surface area (Å²) in [6, 6.07) is 5.81. The Balaban J connectivity index is 2.34. The van der Waals surface area contributed by atoms with Gasteiger partial charge in [0.25, 0.3) is 0 Å². The van der Waals surface area contributed by atoms with Crippen LogP contribution < -0.4 is 0 Å². The van der Waals surface area contributed by atoms with Crippen molar-refractivity contribution in [2.24, 2.45) is 0 Å². The number of benzene rings is 1. The quantitative estimate of drug-likeness (QED) is 0.682. The molecule has 0 amide bonds. The van der Waals surface area contributed by atoms with Crippen LogP contribution in [0.4, 0.5) is 0 Å². The summed E-state index contributed by atoms with van der Waals surface area (Å²) in [5.74, 6) is 0.731. The van der Waals surface area contributed by atoms with Gasteiger partial charge in [-0.3, -0.25) is 4.57 Å². The molecule has 2 aromatic heterocycles. The highest BCUT2D eigenvalue weighted by Gasteiger charge is 2.06. The molecule has 0 aliphatic rings. The van der Waals surface area contributed by atoms with Gasteiger partial charge in [-0.15, -0.1) is 10.2 Å². The van der Waals surface area contributed by atoms with Crippen LogP contribution in [0.1, 0.15) is 0 Å². The Labute approximate surface area is 99.3 Å². The molecule has 0 saturated carbocycles. The molecule has 0 unspecified atom stereocenters. The monoisotopic (exact) mass is 275 g/mol. The predicted octanol–water partition coefficient (Wildman–Crippen LogP) is 1.97. The molecule has 0 bridgehead atoms. The van der Waals surface area contributed by atoms with Gasteiger partial charge in [0.15, 0.2) is 5.82 Å². The molecule has 0 spiro atoms. The van der Waals surface area contributed by atoms with Crippen molar-refractivity contribution in [1.82, 2.24) is 25.0 Å². The molecule has 5 nitrogen and oxygen atoms in total. The summed E-state index contributed by atoms with van der Waals surface area (Å²) >= 11 is 3.40. The van der Waals surface area contributed by atoms with Crippen molar-refractivity contribution in [2.45, 2.75) is 0 Å². The van der Waals surface area contributed by atoms with Crippen LogP contribution in [0.25, 0.3) is 16.7 Å². The minimum absolute atomic E-state index is 0.731. The Bertz CT molecular complexity index is 635. The van der Waals surface area contributed by atoms with Crippen molar-refractivity contribution in [3.8, 4) is 5.82 Å². The minimum atomic E-state index is 0.731. The summed E-state index contributed by atoms with van der Waals surface area (Å²) < 4.78 is 2.78. The number of nitrogens with zero attached hydrogens (tertiary/aromatic N) is 5. The van der Waals surface area contributed by atoms with E-state index in [0.717, 1.165) is 21.2 Å². The highest BCUT2D eigenvalue weighted by molar-refractivity contribution is 9.10. The summed E-state index contributed by atoms with van der Waals surface area (Å²) in [4.78, 5) is 3.99. The lowest BCUT2D eigenvalue weighted by atomic mass is 10.2. The third kappa shape index (κ3) is 1.47. The van der Waals surface area contributed by atoms with Crippen LogP contribution in [0.5, 0.6) is 0 Å². The first-order chi connectivity index (χ1) is 7.84. The third-order valence-corrected chi connectivity index (χ3v) is 2.73. The van der Waals surface area contributed by atoms with E-state index >= 15 is 0 Å². The molecule has 0 aliphatic carbocycles. The van der Waals surface area contributed by atoms with Gasteiger partial charge in [-0.05, 0) is 23.4 Å². The first-order valence-electron chi connectivity index (χ1n) is 4.61. The van der Waals surface area contributed by atoms with E-state index < -0.39 is 0 Å². The van der Waals surface area contributed by atoms with E-state index in [-0.39, 0.29) is 0 Å². The Morgan fingerprint density at radius 2 is 2.12 bits per heavy atom. The zero-order chi connectivity index (χ0) is 11.0. The van der Waals surface area contributed by atoms with Crippen LogP contribution in [-0.2, 0) is 0 Å². The van der Waals surface area contributed by atoms with Gasteiger partial charge >= 0.3 is 0 Å². The van der Waals surface area contributed by atoms with Gasteiger partial charge in [0.05, 0.1) is 5.52 Å². The van der Waals surface area contributed by atoms with E-state index in [1.54, 1.807) is 12.5 Å². The van der Waals surface area contributed by atoms with E-state index in [4.69, 9.17) is 0 Å². The summed E-state index contributed by atoms with van der Waals surface area (Å²) in [7, 11) is 0. The fourth-order valence-electron chi connectivity index (χ4n) is 1.52. The predicted molar refractivity (Wildman–Crippen MR) is 62.2 cm³/mol. The molecule has 1 aromatic carbocycles. The van der Waals surface area contributed by atoms with Crippen LogP contribution >= 0.6 is 15.9 Å². The molecule has 0 N–H and O–H groups in total. The number of imidazole rings is 1. The second kappa shape index (κ2) is 3.64. The fourth-order valence-corrected chi connectivity index (χ4v) is 1.87. The van der Waals surface area contributed by atoms with Gasteiger partial charge in [-0.25, -0.2) is 4.98 Å². The molecule has 78 valence electrons. The van der Waals surface area contributed by atoms with Crippen LogP contribution in [-0.4, -0.2) is 25.0 Å². The molecule has 3 rings (SSSR count). The zero-order valence-electron chi connectivity index (χ0n) is 8.08. The molecule has 0 fully saturated rings. The van der Waals surface area contributed by atoms with Crippen molar-refractivity contribution in [1.29, 1.82) is 0 Å². The van der Waals surface area contributed by atoms with Crippen LogP contribution in [0.3, 0.4) is 0 Å². The van der Waals surface area contributed by atoms with Gasteiger partial charge < -0.3 is 0 Å². The van der Waals surface area contributed by atoms with Crippen molar-refractivity contribution >= 4 is 26.8 Å². The van der Waals surface area contributed by atoms with Crippen LogP contribution in [0.2, 0.25) is 0 Å². The SMILES string of the molecule is Brc1ccc2c(-n3ccnc3)nnnc2c1. The van der Waals surface area contributed by atoms with Gasteiger partial charge in [-0.1, -0.05) is 15.9 Å². The van der Waals surface area contributed by atoms with Gasteiger partial charge in [0.2, 0.25) is 0 Å². The maximum absolute atomic E-state index is 4.03. The number of aromatic nitrogens is 5. The van der Waals surface area contributed by atoms with Crippen molar-refractivity contribution < 1.29 is 0 Å². The van der Waals surface area contributed by atoms with Gasteiger partial charge in [-0.2, -0.15) is 0 Å². The van der Waals surface area contributed by atoms with Crippen molar-refractivity contribution in [3.05, 3.63) is 41.4 Å². The number of halogens is 1. The molecule has 16 heavy (non-hydrogen) atoms. The topological polar surface area (TPSA) is 56.5 Å². The van der Waals surface area contributed by atoms with Gasteiger partial charge in [0, 0.05) is 22.3 Å². The second-order valence-electron chi connectivity index (χ2n) is 3.24. The summed E-state index contributed by atoms with van der Waals surface area (Å²) in [6.45, 7) is 0. The molecule has 2 heterocycles. The highest BCUT2D eigenvalue weighted by atomic mass is 79.9. The minimum Gasteiger partial charge on any atom is -0.288 e. The van der Waals surface area contributed by atoms with Crippen LogP contribution in [0.15, 0.2) is 41.4 Å². The molecular formula is C10H6BrN5. The molecule has 0 aliphatic heterocycles. The molecule has 0 atom stereocenters. The summed E-state index contributed by atoms with van der Waals surface area (Å²) in [6.07, 6.45) is 5.21. The lowest BCUT2D eigenvalue weighted by Gasteiger charge is -2.03. The largest absolute Gasteiger partial charge is 0.288 e.